The normalized spacial score (nSPS) is 11.3. The molecule has 2 aromatic carbocycles. The number of nitrogens with zero attached hydrogens (tertiary/aromatic N) is 5. The van der Waals surface area contributed by atoms with Crippen molar-refractivity contribution >= 4 is 34.1 Å². The van der Waals surface area contributed by atoms with Gasteiger partial charge in [0.2, 0.25) is 4.96 Å². The first-order valence-corrected chi connectivity index (χ1v) is 9.20. The van der Waals surface area contributed by atoms with Gasteiger partial charge in [0, 0.05) is 18.6 Å². The summed E-state index contributed by atoms with van der Waals surface area (Å²) in [4.78, 5) is 11.0. The zero-order valence-electron chi connectivity index (χ0n) is 14.8. The van der Waals surface area contributed by atoms with Gasteiger partial charge in [0.05, 0.1) is 12.0 Å². The molecule has 9 heteroatoms. The van der Waals surface area contributed by atoms with Crippen LogP contribution in [0.5, 0.6) is 5.75 Å². The minimum Gasteiger partial charge on any atom is -0.497 e. The van der Waals surface area contributed by atoms with Crippen molar-refractivity contribution in [2.24, 2.45) is 0 Å². The molecule has 2 aromatic heterocycles. The van der Waals surface area contributed by atoms with E-state index in [1.807, 2.05) is 36.4 Å². The van der Waals surface area contributed by atoms with E-state index in [4.69, 9.17) is 4.74 Å². The van der Waals surface area contributed by atoms with Crippen molar-refractivity contribution in [2.75, 3.05) is 7.11 Å². The molecule has 0 amide bonds. The lowest BCUT2D eigenvalue weighted by atomic mass is 10.1. The molecule has 0 unspecified atom stereocenters. The molecule has 0 aliphatic rings. The van der Waals surface area contributed by atoms with Gasteiger partial charge in [-0.15, -0.1) is 10.2 Å². The summed E-state index contributed by atoms with van der Waals surface area (Å²) in [5.74, 6) is 1.56. The Kier molecular flexibility index (Phi) is 4.81. The lowest BCUT2D eigenvalue weighted by Gasteiger charge is -2.01. The van der Waals surface area contributed by atoms with E-state index >= 15 is 0 Å². The van der Waals surface area contributed by atoms with Crippen LogP contribution in [0.1, 0.15) is 22.0 Å². The van der Waals surface area contributed by atoms with Gasteiger partial charge in [-0.25, -0.2) is 0 Å². The number of rotatable bonds is 6. The molecule has 0 saturated carbocycles. The van der Waals surface area contributed by atoms with Gasteiger partial charge in [0.25, 0.3) is 5.69 Å². The largest absolute Gasteiger partial charge is 0.497 e. The molecule has 140 valence electrons. The van der Waals surface area contributed by atoms with Crippen LogP contribution < -0.4 is 4.74 Å². The number of methoxy groups -OCH3 is 1. The number of ether oxygens (including phenoxy) is 1. The summed E-state index contributed by atoms with van der Waals surface area (Å²) in [6.07, 6.45) is 4.33. The van der Waals surface area contributed by atoms with Crippen molar-refractivity contribution in [3.8, 4) is 5.75 Å². The number of non-ortho nitro benzene ring substituents is 1. The topological polar surface area (TPSA) is 95.5 Å². The number of fused-ring (bicyclic) bond motifs is 1. The Morgan fingerprint density at radius 3 is 2.54 bits per heavy atom. The van der Waals surface area contributed by atoms with Gasteiger partial charge in [-0.1, -0.05) is 29.5 Å². The maximum atomic E-state index is 10.7. The van der Waals surface area contributed by atoms with E-state index < -0.39 is 4.92 Å². The van der Waals surface area contributed by atoms with Crippen LogP contribution in [0.15, 0.2) is 48.5 Å². The summed E-state index contributed by atoms with van der Waals surface area (Å²) in [5.41, 5.74) is 2.01. The summed E-state index contributed by atoms with van der Waals surface area (Å²) in [7, 11) is 1.64. The highest BCUT2D eigenvalue weighted by molar-refractivity contribution is 7.17. The molecule has 0 aliphatic heterocycles. The minimum atomic E-state index is -0.416. The molecule has 0 spiro atoms. The Morgan fingerprint density at radius 1 is 1.11 bits per heavy atom. The molecule has 0 N–H and O–H groups in total. The zero-order chi connectivity index (χ0) is 19.5. The fourth-order valence-electron chi connectivity index (χ4n) is 2.65. The molecule has 8 nitrogen and oxygen atoms in total. The van der Waals surface area contributed by atoms with E-state index in [-0.39, 0.29) is 5.69 Å². The predicted octanol–water partition coefficient (Wildman–Crippen LogP) is 3.86. The fourth-order valence-corrected chi connectivity index (χ4v) is 3.41. The third-order valence-electron chi connectivity index (χ3n) is 4.11. The number of hydrogen-bond donors (Lipinski definition) is 0. The highest BCUT2D eigenvalue weighted by atomic mass is 32.1. The molecular weight excluding hydrogens is 378 g/mol. The Bertz CT molecular complexity index is 1150. The molecular formula is C19H15N5O3S. The summed E-state index contributed by atoms with van der Waals surface area (Å²) in [6.45, 7) is 0. The van der Waals surface area contributed by atoms with Crippen molar-refractivity contribution in [2.45, 2.75) is 6.42 Å². The van der Waals surface area contributed by atoms with Gasteiger partial charge in [-0.3, -0.25) is 10.1 Å². The highest BCUT2D eigenvalue weighted by Gasteiger charge is 2.11. The van der Waals surface area contributed by atoms with Crippen LogP contribution in [0, 0.1) is 10.1 Å². The van der Waals surface area contributed by atoms with E-state index in [1.54, 1.807) is 23.8 Å². The summed E-state index contributed by atoms with van der Waals surface area (Å²) < 4.78 is 6.92. The number of benzene rings is 2. The maximum Gasteiger partial charge on any atom is 0.269 e. The van der Waals surface area contributed by atoms with Crippen LogP contribution >= 0.6 is 11.3 Å². The van der Waals surface area contributed by atoms with Crippen molar-refractivity contribution in [3.63, 3.8) is 0 Å². The van der Waals surface area contributed by atoms with Crippen molar-refractivity contribution in [3.05, 3.63) is 80.6 Å². The summed E-state index contributed by atoms with van der Waals surface area (Å²) in [5, 5.41) is 24.5. The highest BCUT2D eigenvalue weighted by Crippen LogP contribution is 2.20. The van der Waals surface area contributed by atoms with Gasteiger partial charge < -0.3 is 4.74 Å². The molecule has 2 heterocycles. The maximum absolute atomic E-state index is 10.7. The van der Waals surface area contributed by atoms with Crippen LogP contribution in [0.3, 0.4) is 0 Å². The van der Waals surface area contributed by atoms with Crippen molar-refractivity contribution in [1.29, 1.82) is 0 Å². The molecule has 0 fully saturated rings. The fraction of sp³-hybridized carbons (Fsp3) is 0.105. The lowest BCUT2D eigenvalue weighted by Crippen LogP contribution is -1.97. The predicted molar refractivity (Wildman–Crippen MR) is 106 cm³/mol. The van der Waals surface area contributed by atoms with Crippen LogP contribution in [0.25, 0.3) is 17.1 Å². The number of aromatic nitrogens is 4. The van der Waals surface area contributed by atoms with Crippen LogP contribution in [0.4, 0.5) is 5.69 Å². The molecule has 28 heavy (non-hydrogen) atoms. The standard InChI is InChI=1S/C19H15N5O3S/c1-27-16-9-4-14(5-10-16)12-17-20-21-19-23(17)22-18(28-19)11-6-13-2-7-15(8-3-13)24(25)26/h2-11H,12H2,1H3. The third kappa shape index (κ3) is 3.74. The van der Waals surface area contributed by atoms with Gasteiger partial charge >= 0.3 is 0 Å². The van der Waals surface area contributed by atoms with Crippen molar-refractivity contribution < 1.29 is 9.66 Å². The third-order valence-corrected chi connectivity index (χ3v) is 4.98. The number of nitro groups is 1. The van der Waals surface area contributed by atoms with Gasteiger partial charge in [0.1, 0.15) is 10.8 Å². The van der Waals surface area contributed by atoms with Crippen LogP contribution in [0.2, 0.25) is 0 Å². The number of nitro benzene ring substituents is 1. The van der Waals surface area contributed by atoms with E-state index in [2.05, 4.69) is 15.3 Å². The first-order chi connectivity index (χ1) is 13.6. The Morgan fingerprint density at radius 2 is 1.86 bits per heavy atom. The Labute approximate surface area is 163 Å². The molecule has 0 radical (unpaired) electrons. The molecule has 0 saturated heterocycles. The van der Waals surface area contributed by atoms with Crippen LogP contribution in [-0.2, 0) is 6.42 Å². The molecule has 4 rings (SSSR count). The quantitative estimate of drug-likeness (QED) is 0.365. The first-order valence-electron chi connectivity index (χ1n) is 8.39. The molecule has 0 aliphatic carbocycles. The van der Waals surface area contributed by atoms with Gasteiger partial charge in [0.15, 0.2) is 5.82 Å². The van der Waals surface area contributed by atoms with Crippen molar-refractivity contribution in [1.82, 2.24) is 19.8 Å². The second-order valence-electron chi connectivity index (χ2n) is 5.96. The molecule has 0 bridgehead atoms. The smallest absolute Gasteiger partial charge is 0.269 e. The van der Waals surface area contributed by atoms with E-state index in [0.717, 1.165) is 27.7 Å². The lowest BCUT2D eigenvalue weighted by molar-refractivity contribution is -0.384. The van der Waals surface area contributed by atoms with Gasteiger partial charge in [-0.05, 0) is 41.5 Å². The van der Waals surface area contributed by atoms with E-state index in [0.29, 0.717) is 11.4 Å². The number of hydrogen-bond acceptors (Lipinski definition) is 7. The second kappa shape index (κ2) is 7.57. The van der Waals surface area contributed by atoms with Crippen LogP contribution in [-0.4, -0.2) is 31.8 Å². The second-order valence-corrected chi connectivity index (χ2v) is 6.95. The van der Waals surface area contributed by atoms with E-state index in [1.165, 1.54) is 23.5 Å². The Balaban J connectivity index is 1.52. The SMILES string of the molecule is COc1ccc(Cc2nnc3sc(C=Cc4ccc([N+](=O)[O-])cc4)nn23)cc1. The average Bonchev–Trinajstić information content (AvgIpc) is 3.29. The van der Waals surface area contributed by atoms with Gasteiger partial charge in [-0.2, -0.15) is 9.61 Å². The minimum absolute atomic E-state index is 0.0686. The first kappa shape index (κ1) is 17.8. The summed E-state index contributed by atoms with van der Waals surface area (Å²) in [6, 6.07) is 14.1. The molecule has 4 aromatic rings. The van der Waals surface area contributed by atoms with E-state index in [9.17, 15) is 10.1 Å². The monoisotopic (exact) mass is 393 g/mol. The average molecular weight is 393 g/mol. The molecule has 0 atom stereocenters. The summed E-state index contributed by atoms with van der Waals surface area (Å²) >= 11 is 1.43. The Hall–Kier alpha value is -3.59. The zero-order valence-corrected chi connectivity index (χ0v) is 15.7.